The van der Waals surface area contributed by atoms with E-state index in [-0.39, 0.29) is 0 Å². The normalized spacial score (nSPS) is 14.0. The Hall–Kier alpha value is -2.95. The van der Waals surface area contributed by atoms with Crippen molar-refractivity contribution in [3.05, 3.63) is 131 Å². The van der Waals surface area contributed by atoms with Crippen molar-refractivity contribution in [1.29, 1.82) is 0 Å². The highest BCUT2D eigenvalue weighted by Crippen LogP contribution is 2.41. The van der Waals surface area contributed by atoms with Crippen LogP contribution in [0.1, 0.15) is 23.6 Å². The number of aliphatic hydroxyl groups is 2. The molecule has 3 nitrogen and oxygen atoms in total. The molecule has 0 bridgehead atoms. The molecule has 0 aromatic heterocycles. The summed E-state index contributed by atoms with van der Waals surface area (Å²) in [5.74, 6) is 0. The Labute approximate surface area is 206 Å². The van der Waals surface area contributed by atoms with Gasteiger partial charge in [0.15, 0.2) is 0 Å². The lowest BCUT2D eigenvalue weighted by atomic mass is 9.78. The molecule has 0 spiro atoms. The Bertz CT molecular complexity index is 1200. The first-order valence-corrected chi connectivity index (χ1v) is 12.0. The second-order valence-corrected chi connectivity index (χ2v) is 8.89. The highest BCUT2D eigenvalue weighted by molar-refractivity contribution is 6.33. The van der Waals surface area contributed by atoms with E-state index in [9.17, 15) is 10.2 Å². The average Bonchev–Trinajstić information content (AvgIpc) is 2.89. The van der Waals surface area contributed by atoms with Gasteiger partial charge in [-0.3, -0.25) is 4.90 Å². The molecule has 4 rings (SSSR count). The van der Waals surface area contributed by atoms with E-state index in [2.05, 4.69) is 24.0 Å². The van der Waals surface area contributed by atoms with E-state index in [0.717, 1.165) is 23.2 Å². The Morgan fingerprint density at radius 3 is 1.97 bits per heavy atom. The maximum Gasteiger partial charge on any atom is 0.142 e. The van der Waals surface area contributed by atoms with E-state index in [1.165, 1.54) is 0 Å². The van der Waals surface area contributed by atoms with Gasteiger partial charge in [0.05, 0.1) is 0 Å². The summed E-state index contributed by atoms with van der Waals surface area (Å²) in [5.41, 5.74) is 2.40. The van der Waals surface area contributed by atoms with Gasteiger partial charge >= 0.3 is 0 Å². The third kappa shape index (κ3) is 5.08. The van der Waals surface area contributed by atoms with Gasteiger partial charge in [0.1, 0.15) is 11.7 Å². The van der Waals surface area contributed by atoms with Gasteiger partial charge in [-0.2, -0.15) is 0 Å². The molecule has 0 aliphatic carbocycles. The standard InChI is InChI=1S/C30H30ClNO2/c1-2-32(21-23-13-5-3-6-14-23)22-29(33)30(34,24-15-7-4-8-16-24)27-19-11-9-17-25(27)26-18-10-12-20-28(26)31/h3-20,29,33-34H,2,21-22H2,1H3/t29-,30?/m0/s1. The minimum atomic E-state index is -1.64. The van der Waals surface area contributed by atoms with Gasteiger partial charge in [-0.05, 0) is 34.9 Å². The molecule has 4 heteroatoms. The Morgan fingerprint density at radius 2 is 1.32 bits per heavy atom. The van der Waals surface area contributed by atoms with Gasteiger partial charge in [0.2, 0.25) is 0 Å². The van der Waals surface area contributed by atoms with Crippen molar-refractivity contribution >= 4 is 11.6 Å². The third-order valence-corrected chi connectivity index (χ3v) is 6.65. The van der Waals surface area contributed by atoms with Crippen molar-refractivity contribution in [2.45, 2.75) is 25.2 Å². The third-order valence-electron chi connectivity index (χ3n) is 6.33. The monoisotopic (exact) mass is 471 g/mol. The van der Waals surface area contributed by atoms with E-state index in [0.29, 0.717) is 29.2 Å². The van der Waals surface area contributed by atoms with Crippen molar-refractivity contribution in [3.8, 4) is 11.1 Å². The van der Waals surface area contributed by atoms with E-state index in [1.54, 1.807) is 0 Å². The molecule has 1 unspecified atom stereocenters. The Kier molecular flexibility index (Phi) is 7.81. The lowest BCUT2D eigenvalue weighted by Gasteiger charge is -2.38. The molecular formula is C30H30ClNO2. The van der Waals surface area contributed by atoms with Crippen LogP contribution in [0.15, 0.2) is 109 Å². The van der Waals surface area contributed by atoms with Crippen molar-refractivity contribution in [1.82, 2.24) is 4.90 Å². The van der Waals surface area contributed by atoms with E-state index < -0.39 is 11.7 Å². The molecule has 4 aromatic carbocycles. The van der Waals surface area contributed by atoms with Crippen LogP contribution in [0.4, 0.5) is 0 Å². The number of nitrogens with zero attached hydrogens (tertiary/aromatic N) is 1. The SMILES string of the molecule is CCN(Cc1ccccc1)C[C@H](O)C(O)(c1ccccc1)c1ccccc1-c1ccccc1Cl. The maximum absolute atomic E-state index is 12.3. The second-order valence-electron chi connectivity index (χ2n) is 8.49. The molecular weight excluding hydrogens is 442 g/mol. The topological polar surface area (TPSA) is 43.7 Å². The molecule has 2 atom stereocenters. The number of hydrogen-bond donors (Lipinski definition) is 2. The Morgan fingerprint density at radius 1 is 0.765 bits per heavy atom. The highest BCUT2D eigenvalue weighted by atomic mass is 35.5. The quantitative estimate of drug-likeness (QED) is 0.309. The van der Waals surface area contributed by atoms with Crippen LogP contribution in [0.2, 0.25) is 5.02 Å². The van der Waals surface area contributed by atoms with Crippen LogP contribution >= 0.6 is 11.6 Å². The van der Waals surface area contributed by atoms with Gasteiger partial charge in [0.25, 0.3) is 0 Å². The lowest BCUT2D eigenvalue weighted by molar-refractivity contribution is -0.0638. The first-order valence-electron chi connectivity index (χ1n) is 11.6. The molecule has 0 radical (unpaired) electrons. The van der Waals surface area contributed by atoms with E-state index >= 15 is 0 Å². The van der Waals surface area contributed by atoms with E-state index in [4.69, 9.17) is 11.6 Å². The fraction of sp³-hybridized carbons (Fsp3) is 0.200. The number of likely N-dealkylation sites (N-methyl/N-ethyl adjacent to an activating group) is 1. The number of halogens is 1. The van der Waals surface area contributed by atoms with Crippen LogP contribution in [0, 0.1) is 0 Å². The predicted octanol–water partition coefficient (Wildman–Crippen LogP) is 6.13. The summed E-state index contributed by atoms with van der Waals surface area (Å²) >= 11 is 6.55. The number of rotatable bonds is 9. The minimum absolute atomic E-state index is 0.299. The van der Waals surface area contributed by atoms with Crippen molar-refractivity contribution in [3.63, 3.8) is 0 Å². The summed E-state index contributed by atoms with van der Waals surface area (Å²) < 4.78 is 0. The van der Waals surface area contributed by atoms with E-state index in [1.807, 2.05) is 97.1 Å². The zero-order chi connectivity index (χ0) is 24.0. The number of hydrogen-bond acceptors (Lipinski definition) is 3. The van der Waals surface area contributed by atoms with Crippen LogP contribution in [0.25, 0.3) is 11.1 Å². The molecule has 0 amide bonds. The van der Waals surface area contributed by atoms with Gasteiger partial charge in [0, 0.05) is 23.7 Å². The van der Waals surface area contributed by atoms with Gasteiger partial charge < -0.3 is 10.2 Å². The molecule has 0 aliphatic rings. The summed E-state index contributed by atoms with van der Waals surface area (Å²) in [6, 6.07) is 34.8. The van der Waals surface area contributed by atoms with Crippen molar-refractivity contribution in [2.75, 3.05) is 13.1 Å². The maximum atomic E-state index is 12.3. The van der Waals surface area contributed by atoms with Crippen LogP contribution in [0.5, 0.6) is 0 Å². The van der Waals surface area contributed by atoms with Crippen molar-refractivity contribution < 1.29 is 10.2 Å². The predicted molar refractivity (Wildman–Crippen MR) is 140 cm³/mol. The number of benzene rings is 4. The molecule has 0 aliphatic heterocycles. The van der Waals surface area contributed by atoms with Crippen LogP contribution < -0.4 is 0 Å². The fourth-order valence-electron chi connectivity index (χ4n) is 4.47. The molecule has 2 N–H and O–H groups in total. The van der Waals surface area contributed by atoms with Gasteiger partial charge in [-0.25, -0.2) is 0 Å². The van der Waals surface area contributed by atoms with Crippen LogP contribution in [-0.2, 0) is 12.1 Å². The zero-order valence-corrected chi connectivity index (χ0v) is 20.1. The molecule has 0 fully saturated rings. The van der Waals surface area contributed by atoms with Crippen LogP contribution in [-0.4, -0.2) is 34.3 Å². The molecule has 0 saturated carbocycles. The van der Waals surface area contributed by atoms with Crippen LogP contribution in [0.3, 0.4) is 0 Å². The molecule has 4 aromatic rings. The summed E-state index contributed by atoms with van der Waals surface area (Å²) in [5, 5.41) is 24.6. The molecule has 34 heavy (non-hydrogen) atoms. The minimum Gasteiger partial charge on any atom is -0.388 e. The summed E-state index contributed by atoms with van der Waals surface area (Å²) in [4.78, 5) is 2.14. The summed E-state index contributed by atoms with van der Waals surface area (Å²) in [6.45, 7) is 3.79. The lowest BCUT2D eigenvalue weighted by Crippen LogP contribution is -2.47. The number of aliphatic hydroxyl groups excluding tert-OH is 1. The van der Waals surface area contributed by atoms with Gasteiger partial charge in [-0.1, -0.05) is 122 Å². The largest absolute Gasteiger partial charge is 0.388 e. The summed E-state index contributed by atoms with van der Waals surface area (Å²) in [7, 11) is 0. The fourth-order valence-corrected chi connectivity index (χ4v) is 4.71. The smallest absolute Gasteiger partial charge is 0.142 e. The zero-order valence-electron chi connectivity index (χ0n) is 19.3. The highest BCUT2D eigenvalue weighted by Gasteiger charge is 2.41. The molecule has 174 valence electrons. The first kappa shape index (κ1) is 24.2. The Balaban J connectivity index is 1.77. The summed E-state index contributed by atoms with van der Waals surface area (Å²) in [6.07, 6.45) is -1.08. The second kappa shape index (κ2) is 11.0. The van der Waals surface area contributed by atoms with Crippen molar-refractivity contribution in [2.24, 2.45) is 0 Å². The molecule has 0 heterocycles. The average molecular weight is 472 g/mol. The van der Waals surface area contributed by atoms with Gasteiger partial charge in [-0.15, -0.1) is 0 Å². The first-order chi connectivity index (χ1) is 16.5. The molecule has 0 saturated heterocycles.